The molecule has 3 rings (SSSR count). The fourth-order valence-corrected chi connectivity index (χ4v) is 2.66. The second kappa shape index (κ2) is 6.26. The Hall–Kier alpha value is -2.60. The molecule has 1 amide bonds. The molecule has 1 atom stereocenters. The summed E-state index contributed by atoms with van der Waals surface area (Å²) >= 11 is 0. The molecule has 1 heterocycles. The summed E-state index contributed by atoms with van der Waals surface area (Å²) < 4.78 is 10.2. The van der Waals surface area contributed by atoms with Gasteiger partial charge in [0.15, 0.2) is 0 Å². The van der Waals surface area contributed by atoms with Crippen molar-refractivity contribution in [2.45, 2.75) is 13.0 Å². The van der Waals surface area contributed by atoms with Crippen LogP contribution in [0.3, 0.4) is 0 Å². The molecule has 0 aromatic rings. The van der Waals surface area contributed by atoms with Gasteiger partial charge in [-0.15, -0.1) is 0 Å². The van der Waals surface area contributed by atoms with Crippen LogP contribution in [0.25, 0.3) is 11.1 Å². The first kappa shape index (κ1) is 15.3. The molecule has 2 aliphatic carbocycles. The molecule has 1 saturated heterocycles. The van der Waals surface area contributed by atoms with Crippen molar-refractivity contribution >= 4 is 17.7 Å². The lowest BCUT2D eigenvalue weighted by molar-refractivity contribution is 0.0527. The Morgan fingerprint density at radius 1 is 1.30 bits per heavy atom. The SMILES string of the molecule is CCOC(=O)c1ccc2ccc(N3CC(CN)OC3=O)ccc1-2. The fourth-order valence-electron chi connectivity index (χ4n) is 2.66. The van der Waals surface area contributed by atoms with Crippen LogP contribution in [0.2, 0.25) is 0 Å². The molecule has 6 nitrogen and oxygen atoms in total. The highest BCUT2D eigenvalue weighted by Gasteiger charge is 2.31. The van der Waals surface area contributed by atoms with Crippen molar-refractivity contribution in [2.24, 2.45) is 5.73 Å². The molecule has 0 bridgehead atoms. The predicted molar refractivity (Wildman–Crippen MR) is 85.7 cm³/mol. The summed E-state index contributed by atoms with van der Waals surface area (Å²) in [6, 6.07) is 10.9. The lowest BCUT2D eigenvalue weighted by Crippen LogP contribution is -2.27. The monoisotopic (exact) mass is 314 g/mol. The first-order chi connectivity index (χ1) is 11.1. The molecule has 0 saturated carbocycles. The van der Waals surface area contributed by atoms with Crippen LogP contribution < -0.4 is 10.6 Å². The number of nitrogens with two attached hydrogens (primary N) is 1. The van der Waals surface area contributed by atoms with E-state index in [2.05, 4.69) is 0 Å². The standard InChI is InChI=1S/C17H18N2O4/c1-2-22-16(20)15-7-4-11-3-5-12(6-8-14(11)15)19-10-13(9-18)23-17(19)21/h3-8,13H,2,9-10,18H2,1H3. The maximum absolute atomic E-state index is 12.0. The van der Waals surface area contributed by atoms with Crippen LogP contribution in [0.4, 0.5) is 10.5 Å². The number of hydrogen-bond acceptors (Lipinski definition) is 5. The minimum atomic E-state index is -0.406. The molecule has 0 aromatic heterocycles. The zero-order valence-electron chi connectivity index (χ0n) is 12.8. The van der Waals surface area contributed by atoms with Crippen molar-refractivity contribution in [3.05, 3.63) is 42.0 Å². The second-order valence-electron chi connectivity index (χ2n) is 5.28. The molecule has 23 heavy (non-hydrogen) atoms. The molecule has 0 radical (unpaired) electrons. The van der Waals surface area contributed by atoms with Crippen LogP contribution in [0, 0.1) is 0 Å². The number of hydrogen-bond donors (Lipinski definition) is 1. The second-order valence-corrected chi connectivity index (χ2v) is 5.28. The normalized spacial score (nSPS) is 17.4. The van der Waals surface area contributed by atoms with Crippen LogP contribution >= 0.6 is 0 Å². The van der Waals surface area contributed by atoms with E-state index in [1.165, 1.54) is 0 Å². The molecule has 2 N–H and O–H groups in total. The van der Waals surface area contributed by atoms with E-state index in [1.807, 2.05) is 24.3 Å². The van der Waals surface area contributed by atoms with Crippen molar-refractivity contribution in [1.29, 1.82) is 0 Å². The van der Waals surface area contributed by atoms with Gasteiger partial charge in [0.2, 0.25) is 0 Å². The van der Waals surface area contributed by atoms with Gasteiger partial charge in [-0.2, -0.15) is 0 Å². The number of carbonyl (C=O) groups is 2. The maximum Gasteiger partial charge on any atom is 0.414 e. The number of nitrogens with zero attached hydrogens (tertiary/aromatic N) is 1. The Morgan fingerprint density at radius 2 is 2.04 bits per heavy atom. The van der Waals surface area contributed by atoms with Gasteiger partial charge < -0.3 is 15.2 Å². The van der Waals surface area contributed by atoms with E-state index >= 15 is 0 Å². The highest BCUT2D eigenvalue weighted by molar-refractivity contribution is 5.99. The van der Waals surface area contributed by atoms with E-state index in [9.17, 15) is 9.59 Å². The topological polar surface area (TPSA) is 81.9 Å². The van der Waals surface area contributed by atoms with Gasteiger partial charge in [-0.3, -0.25) is 4.90 Å². The third-order valence-corrected chi connectivity index (χ3v) is 3.83. The third kappa shape index (κ3) is 2.85. The summed E-state index contributed by atoms with van der Waals surface area (Å²) in [5, 5.41) is 0. The summed E-state index contributed by atoms with van der Waals surface area (Å²) in [7, 11) is 0. The van der Waals surface area contributed by atoms with Gasteiger partial charge >= 0.3 is 12.1 Å². The molecule has 1 aliphatic heterocycles. The van der Waals surface area contributed by atoms with Gasteiger partial charge in [-0.25, -0.2) is 9.59 Å². The molecular weight excluding hydrogens is 296 g/mol. The summed E-state index contributed by atoms with van der Waals surface area (Å²) in [5.41, 5.74) is 8.47. The van der Waals surface area contributed by atoms with Crippen LogP contribution in [0.1, 0.15) is 17.3 Å². The molecule has 1 unspecified atom stereocenters. The molecule has 0 spiro atoms. The number of esters is 1. The summed E-state index contributed by atoms with van der Waals surface area (Å²) in [4.78, 5) is 25.4. The predicted octanol–water partition coefficient (Wildman–Crippen LogP) is 2.25. The van der Waals surface area contributed by atoms with Gasteiger partial charge in [0.1, 0.15) is 6.10 Å². The Bertz CT molecular complexity index is 716. The van der Waals surface area contributed by atoms with E-state index in [0.717, 1.165) is 11.1 Å². The largest absolute Gasteiger partial charge is 0.462 e. The molecule has 0 aromatic carbocycles. The van der Waals surface area contributed by atoms with Gasteiger partial charge in [-0.05, 0) is 36.2 Å². The van der Waals surface area contributed by atoms with Crippen LogP contribution in [0.15, 0.2) is 36.4 Å². The van der Waals surface area contributed by atoms with Gasteiger partial charge in [0.05, 0.1) is 18.7 Å². The van der Waals surface area contributed by atoms with Crippen molar-refractivity contribution in [1.82, 2.24) is 0 Å². The molecule has 1 fully saturated rings. The minimum absolute atomic E-state index is 0.290. The molecular formula is C17H18N2O4. The molecule has 120 valence electrons. The van der Waals surface area contributed by atoms with Crippen molar-refractivity contribution in [2.75, 3.05) is 24.6 Å². The number of carbonyl (C=O) groups excluding carboxylic acids is 2. The average molecular weight is 314 g/mol. The highest BCUT2D eigenvalue weighted by atomic mass is 16.6. The number of amides is 1. The van der Waals surface area contributed by atoms with Crippen LogP contribution in [0.5, 0.6) is 0 Å². The van der Waals surface area contributed by atoms with E-state index in [0.29, 0.717) is 30.9 Å². The number of fused-ring (bicyclic) bond motifs is 1. The number of rotatable bonds is 4. The van der Waals surface area contributed by atoms with Gasteiger partial charge in [-0.1, -0.05) is 18.2 Å². The highest BCUT2D eigenvalue weighted by Crippen LogP contribution is 2.30. The van der Waals surface area contributed by atoms with E-state index in [-0.39, 0.29) is 12.1 Å². The Morgan fingerprint density at radius 3 is 2.74 bits per heavy atom. The average Bonchev–Trinajstić information content (AvgIpc) is 3.06. The smallest absolute Gasteiger partial charge is 0.414 e. The fraction of sp³-hybridized carbons (Fsp3) is 0.294. The summed E-state index contributed by atoms with van der Waals surface area (Å²) in [5.74, 6) is -0.348. The van der Waals surface area contributed by atoms with Gasteiger partial charge in [0.25, 0.3) is 0 Å². The minimum Gasteiger partial charge on any atom is -0.462 e. The Kier molecular flexibility index (Phi) is 4.16. The maximum atomic E-state index is 12.0. The first-order valence-corrected chi connectivity index (χ1v) is 7.52. The number of anilines is 1. The molecule has 6 heteroatoms. The lowest BCUT2D eigenvalue weighted by Gasteiger charge is -2.10. The third-order valence-electron chi connectivity index (χ3n) is 3.83. The van der Waals surface area contributed by atoms with Crippen LogP contribution in [-0.2, 0) is 9.47 Å². The molecule has 3 aliphatic rings. The summed E-state index contributed by atoms with van der Waals surface area (Å²) in [6.45, 7) is 2.82. The van der Waals surface area contributed by atoms with Crippen molar-refractivity contribution in [3.63, 3.8) is 0 Å². The van der Waals surface area contributed by atoms with E-state index in [4.69, 9.17) is 15.2 Å². The first-order valence-electron chi connectivity index (χ1n) is 7.52. The van der Waals surface area contributed by atoms with E-state index in [1.54, 1.807) is 24.0 Å². The van der Waals surface area contributed by atoms with E-state index < -0.39 is 6.09 Å². The number of ether oxygens (including phenoxy) is 2. The number of cyclic esters (lactones) is 1. The lowest BCUT2D eigenvalue weighted by atomic mass is 10.1. The Labute approximate surface area is 134 Å². The van der Waals surface area contributed by atoms with Crippen molar-refractivity contribution in [3.8, 4) is 11.1 Å². The van der Waals surface area contributed by atoms with Gasteiger partial charge in [0, 0.05) is 12.2 Å². The van der Waals surface area contributed by atoms with Crippen LogP contribution in [-0.4, -0.2) is 37.9 Å². The quantitative estimate of drug-likeness (QED) is 0.875. The zero-order valence-corrected chi connectivity index (χ0v) is 12.8. The Balaban J connectivity index is 1.94. The summed E-state index contributed by atoms with van der Waals surface area (Å²) in [6.07, 6.45) is -0.696. The zero-order chi connectivity index (χ0) is 16.4. The van der Waals surface area contributed by atoms with Crippen molar-refractivity contribution < 1.29 is 19.1 Å².